The number of hydrogen-bond acceptors (Lipinski definition) is 4. The summed E-state index contributed by atoms with van der Waals surface area (Å²) in [7, 11) is 0. The van der Waals surface area contributed by atoms with Gasteiger partial charge in [-0.05, 0) is 5.57 Å². The summed E-state index contributed by atoms with van der Waals surface area (Å²) in [5.41, 5.74) is 0.542. The Kier molecular flexibility index (Phi) is 2.83. The highest BCUT2D eigenvalue weighted by atomic mass is 16.6. The van der Waals surface area contributed by atoms with E-state index in [9.17, 15) is 4.79 Å². The highest BCUT2D eigenvalue weighted by Gasteiger charge is 2.35. The normalized spacial score (nSPS) is 28.7. The number of esters is 1. The lowest BCUT2D eigenvalue weighted by molar-refractivity contribution is -0.142. The zero-order valence-electron chi connectivity index (χ0n) is 6.69. The summed E-state index contributed by atoms with van der Waals surface area (Å²) in [6.45, 7) is 3.21. The molecule has 0 aromatic rings. The quantitative estimate of drug-likeness (QED) is 0.443. The molecule has 0 spiro atoms. The van der Waals surface area contributed by atoms with Gasteiger partial charge in [-0.15, -0.1) is 0 Å². The summed E-state index contributed by atoms with van der Waals surface area (Å²) >= 11 is 0. The lowest BCUT2D eigenvalue weighted by Gasteiger charge is -2.15. The summed E-state index contributed by atoms with van der Waals surface area (Å²) < 4.78 is 4.79. The third kappa shape index (κ3) is 1.65. The second kappa shape index (κ2) is 3.69. The minimum absolute atomic E-state index is 0.169. The molecule has 1 heterocycles. The maximum Gasteiger partial charge on any atom is 0.306 e. The van der Waals surface area contributed by atoms with Crippen LogP contribution in [0.15, 0.2) is 12.2 Å². The zero-order valence-corrected chi connectivity index (χ0v) is 6.69. The van der Waals surface area contributed by atoms with E-state index in [1.165, 1.54) is 0 Å². The lowest BCUT2D eigenvalue weighted by atomic mass is 9.94. The van der Waals surface area contributed by atoms with E-state index in [2.05, 4.69) is 6.58 Å². The first kappa shape index (κ1) is 9.22. The standard InChI is InChI=1S/C8H12O4/c1-5(3-9)6-2-8(11)12-7(6)4-10/h6-7,9-10H,1-4H2/t6-,7-/m1/s1. The largest absolute Gasteiger partial charge is 0.459 e. The minimum Gasteiger partial charge on any atom is -0.459 e. The van der Waals surface area contributed by atoms with E-state index < -0.39 is 6.10 Å². The molecule has 4 heteroatoms. The molecule has 0 amide bonds. The van der Waals surface area contributed by atoms with E-state index in [1.54, 1.807) is 0 Å². The van der Waals surface area contributed by atoms with Gasteiger partial charge in [0.2, 0.25) is 0 Å². The Bertz CT molecular complexity index is 199. The van der Waals surface area contributed by atoms with Crippen molar-refractivity contribution in [1.82, 2.24) is 0 Å². The van der Waals surface area contributed by atoms with Crippen LogP contribution in [0.25, 0.3) is 0 Å². The molecule has 4 nitrogen and oxygen atoms in total. The van der Waals surface area contributed by atoms with E-state index in [4.69, 9.17) is 14.9 Å². The highest BCUT2D eigenvalue weighted by molar-refractivity contribution is 5.72. The van der Waals surface area contributed by atoms with Crippen molar-refractivity contribution < 1.29 is 19.7 Å². The van der Waals surface area contributed by atoms with Gasteiger partial charge in [-0.2, -0.15) is 0 Å². The predicted octanol–water partition coefficient (Wildman–Crippen LogP) is -0.541. The van der Waals surface area contributed by atoms with Gasteiger partial charge in [-0.1, -0.05) is 6.58 Å². The van der Waals surface area contributed by atoms with Crippen LogP contribution in [0.2, 0.25) is 0 Å². The smallest absolute Gasteiger partial charge is 0.306 e. The van der Waals surface area contributed by atoms with Crippen LogP contribution in [-0.2, 0) is 9.53 Å². The molecule has 0 bridgehead atoms. The molecule has 12 heavy (non-hydrogen) atoms. The maximum atomic E-state index is 10.8. The second-order valence-electron chi connectivity index (χ2n) is 2.84. The fourth-order valence-corrected chi connectivity index (χ4v) is 1.30. The average molecular weight is 172 g/mol. The number of carbonyl (C=O) groups is 1. The maximum absolute atomic E-state index is 10.8. The summed E-state index contributed by atoms with van der Waals surface area (Å²) in [5.74, 6) is -0.568. The Labute approximate surface area is 70.5 Å². The van der Waals surface area contributed by atoms with Crippen LogP contribution in [0, 0.1) is 5.92 Å². The first-order valence-corrected chi connectivity index (χ1v) is 3.78. The van der Waals surface area contributed by atoms with Crippen LogP contribution in [0.3, 0.4) is 0 Å². The van der Waals surface area contributed by atoms with Crippen LogP contribution in [-0.4, -0.2) is 35.5 Å². The Hall–Kier alpha value is -0.870. The topological polar surface area (TPSA) is 66.8 Å². The molecule has 1 rings (SSSR count). The van der Waals surface area contributed by atoms with Crippen LogP contribution in [0.5, 0.6) is 0 Å². The number of rotatable bonds is 3. The van der Waals surface area contributed by atoms with E-state index in [0.717, 1.165) is 0 Å². The Morgan fingerprint density at radius 2 is 2.33 bits per heavy atom. The first-order valence-electron chi connectivity index (χ1n) is 3.78. The Balaban J connectivity index is 2.63. The monoisotopic (exact) mass is 172 g/mol. The molecule has 0 radical (unpaired) electrons. The Morgan fingerprint density at radius 3 is 2.83 bits per heavy atom. The zero-order chi connectivity index (χ0) is 9.14. The lowest BCUT2D eigenvalue weighted by Crippen LogP contribution is -2.22. The van der Waals surface area contributed by atoms with Gasteiger partial charge in [0.15, 0.2) is 0 Å². The molecule has 0 unspecified atom stereocenters. The molecule has 2 N–H and O–H groups in total. The van der Waals surface area contributed by atoms with Gasteiger partial charge in [0.1, 0.15) is 6.10 Å². The van der Waals surface area contributed by atoms with Crippen molar-refractivity contribution in [2.45, 2.75) is 12.5 Å². The number of hydrogen-bond donors (Lipinski definition) is 2. The second-order valence-corrected chi connectivity index (χ2v) is 2.84. The molecule has 1 saturated heterocycles. The molecule has 0 saturated carbocycles. The molecule has 0 aromatic heterocycles. The molecule has 68 valence electrons. The minimum atomic E-state index is -0.517. The number of ether oxygens (including phenoxy) is 1. The third-order valence-corrected chi connectivity index (χ3v) is 2.03. The van der Waals surface area contributed by atoms with E-state index in [1.807, 2.05) is 0 Å². The van der Waals surface area contributed by atoms with Gasteiger partial charge in [0, 0.05) is 5.92 Å². The molecule has 1 fully saturated rings. The van der Waals surface area contributed by atoms with E-state index in [0.29, 0.717) is 5.57 Å². The van der Waals surface area contributed by atoms with Crippen LogP contribution in [0.1, 0.15) is 6.42 Å². The van der Waals surface area contributed by atoms with Crippen molar-refractivity contribution >= 4 is 5.97 Å². The van der Waals surface area contributed by atoms with Crippen LogP contribution in [0.4, 0.5) is 0 Å². The highest BCUT2D eigenvalue weighted by Crippen LogP contribution is 2.27. The molecule has 2 atom stereocenters. The van der Waals surface area contributed by atoms with Gasteiger partial charge in [0.05, 0.1) is 19.6 Å². The van der Waals surface area contributed by atoms with E-state index in [-0.39, 0.29) is 31.5 Å². The molecule has 0 aromatic carbocycles. The fraction of sp³-hybridized carbons (Fsp3) is 0.625. The summed E-state index contributed by atoms with van der Waals surface area (Å²) in [4.78, 5) is 10.8. The molecule has 1 aliphatic heterocycles. The number of aliphatic hydroxyl groups excluding tert-OH is 2. The van der Waals surface area contributed by atoms with Crippen molar-refractivity contribution in [2.75, 3.05) is 13.2 Å². The van der Waals surface area contributed by atoms with Crippen molar-refractivity contribution in [3.8, 4) is 0 Å². The van der Waals surface area contributed by atoms with Crippen molar-refractivity contribution in [2.24, 2.45) is 5.92 Å². The number of cyclic esters (lactones) is 1. The molecule has 0 aliphatic carbocycles. The SMILES string of the molecule is C=C(CO)[C@H]1CC(=O)O[C@@H]1CO. The summed E-state index contributed by atoms with van der Waals surface area (Å²) in [6, 6.07) is 0. The molecule has 1 aliphatic rings. The van der Waals surface area contributed by atoms with Gasteiger partial charge < -0.3 is 14.9 Å². The average Bonchev–Trinajstić information content (AvgIpc) is 2.45. The fourth-order valence-electron chi connectivity index (χ4n) is 1.30. The first-order chi connectivity index (χ1) is 5.69. The summed E-state index contributed by atoms with van der Waals surface area (Å²) in [6.07, 6.45) is -0.304. The predicted molar refractivity (Wildman–Crippen MR) is 41.3 cm³/mol. The molecular weight excluding hydrogens is 160 g/mol. The van der Waals surface area contributed by atoms with Gasteiger partial charge >= 0.3 is 5.97 Å². The summed E-state index contributed by atoms with van der Waals surface area (Å²) in [5, 5.41) is 17.5. The number of carbonyl (C=O) groups excluding carboxylic acids is 1. The molecular formula is C8H12O4. The van der Waals surface area contributed by atoms with Gasteiger partial charge in [-0.3, -0.25) is 4.79 Å². The van der Waals surface area contributed by atoms with Gasteiger partial charge in [0.25, 0.3) is 0 Å². The Morgan fingerprint density at radius 1 is 1.67 bits per heavy atom. The van der Waals surface area contributed by atoms with Crippen LogP contribution < -0.4 is 0 Å². The van der Waals surface area contributed by atoms with Crippen molar-refractivity contribution in [1.29, 1.82) is 0 Å². The third-order valence-electron chi connectivity index (χ3n) is 2.03. The number of aliphatic hydroxyl groups is 2. The van der Waals surface area contributed by atoms with Crippen LogP contribution >= 0.6 is 0 Å². The van der Waals surface area contributed by atoms with Gasteiger partial charge in [-0.25, -0.2) is 0 Å². The van der Waals surface area contributed by atoms with Crippen molar-refractivity contribution in [3.63, 3.8) is 0 Å². The van der Waals surface area contributed by atoms with E-state index >= 15 is 0 Å². The van der Waals surface area contributed by atoms with Crippen molar-refractivity contribution in [3.05, 3.63) is 12.2 Å².